The van der Waals surface area contributed by atoms with Crippen molar-refractivity contribution in [2.24, 2.45) is 0 Å². The van der Waals surface area contributed by atoms with Crippen molar-refractivity contribution in [3.05, 3.63) is 45.9 Å². The molecule has 0 spiro atoms. The molecule has 0 aliphatic rings. The molecule has 0 amide bonds. The quantitative estimate of drug-likeness (QED) is 0.514. The molecular formula is C17H13ClN4O2. The summed E-state index contributed by atoms with van der Waals surface area (Å²) >= 11 is 5.94. The highest BCUT2D eigenvalue weighted by Gasteiger charge is 2.18. The molecule has 0 aliphatic carbocycles. The Balaban J connectivity index is 2.08. The minimum Gasteiger partial charge on any atom is -0.437 e. The van der Waals surface area contributed by atoms with E-state index in [0.717, 1.165) is 16.7 Å². The lowest BCUT2D eigenvalue weighted by atomic mass is 10.1. The van der Waals surface area contributed by atoms with Gasteiger partial charge in [-0.25, -0.2) is 0 Å². The number of aromatic nitrogens is 3. The number of fused-ring (bicyclic) bond motifs is 1. The zero-order valence-corrected chi connectivity index (χ0v) is 14.0. The van der Waals surface area contributed by atoms with Crippen LogP contribution in [0.25, 0.3) is 17.1 Å². The molecule has 0 N–H and O–H groups in total. The van der Waals surface area contributed by atoms with E-state index in [1.54, 1.807) is 13.0 Å². The Morgan fingerprint density at radius 2 is 1.92 bits per heavy atom. The number of nitrogens with zero attached hydrogens (tertiary/aromatic N) is 4. The maximum absolute atomic E-state index is 8.64. The van der Waals surface area contributed by atoms with Gasteiger partial charge in [0.05, 0.1) is 6.07 Å². The van der Waals surface area contributed by atoms with Crippen LogP contribution in [0.5, 0.6) is 11.6 Å². The molecule has 3 aromatic rings. The van der Waals surface area contributed by atoms with Crippen LogP contribution in [0, 0.1) is 32.1 Å². The van der Waals surface area contributed by atoms with Crippen LogP contribution in [-0.4, -0.2) is 15.1 Å². The van der Waals surface area contributed by atoms with Crippen molar-refractivity contribution in [3.63, 3.8) is 0 Å². The first kappa shape index (κ1) is 16.0. The molecule has 2 aromatic heterocycles. The van der Waals surface area contributed by atoms with Gasteiger partial charge in [0.2, 0.25) is 16.8 Å². The van der Waals surface area contributed by atoms with E-state index in [4.69, 9.17) is 26.1 Å². The molecule has 0 unspecified atom stereocenters. The van der Waals surface area contributed by atoms with Crippen LogP contribution in [0.2, 0.25) is 5.28 Å². The fourth-order valence-electron chi connectivity index (χ4n) is 2.48. The van der Waals surface area contributed by atoms with Crippen LogP contribution in [0.3, 0.4) is 0 Å². The van der Waals surface area contributed by atoms with E-state index < -0.39 is 0 Å². The molecule has 0 radical (unpaired) electrons. The molecule has 0 bridgehead atoms. The second-order valence-electron chi connectivity index (χ2n) is 5.28. The number of hydrogen-bond acceptors (Lipinski definition) is 6. The monoisotopic (exact) mass is 340 g/mol. The van der Waals surface area contributed by atoms with Gasteiger partial charge in [-0.15, -0.1) is 0 Å². The smallest absolute Gasteiger partial charge is 0.236 e. The second-order valence-corrected chi connectivity index (χ2v) is 5.62. The highest BCUT2D eigenvalue weighted by Crippen LogP contribution is 2.34. The van der Waals surface area contributed by atoms with Crippen LogP contribution < -0.4 is 4.74 Å². The maximum Gasteiger partial charge on any atom is 0.236 e. The maximum atomic E-state index is 8.64. The zero-order chi connectivity index (χ0) is 17.3. The Morgan fingerprint density at radius 3 is 2.58 bits per heavy atom. The van der Waals surface area contributed by atoms with Crippen molar-refractivity contribution in [1.29, 1.82) is 5.26 Å². The van der Waals surface area contributed by atoms with Gasteiger partial charge in [-0.1, -0.05) is 5.16 Å². The van der Waals surface area contributed by atoms with Gasteiger partial charge in [-0.3, -0.25) is 0 Å². The summed E-state index contributed by atoms with van der Waals surface area (Å²) in [6.07, 6.45) is 3.18. The number of aryl methyl sites for hydroxylation is 3. The summed E-state index contributed by atoms with van der Waals surface area (Å²) in [5.74, 6) is 1.52. The van der Waals surface area contributed by atoms with E-state index in [9.17, 15) is 0 Å². The van der Waals surface area contributed by atoms with Gasteiger partial charge >= 0.3 is 0 Å². The molecule has 120 valence electrons. The van der Waals surface area contributed by atoms with E-state index in [1.165, 1.54) is 6.08 Å². The van der Waals surface area contributed by atoms with Crippen LogP contribution in [0.15, 0.2) is 22.7 Å². The van der Waals surface area contributed by atoms with Gasteiger partial charge in [0, 0.05) is 6.08 Å². The molecule has 7 heteroatoms. The fraction of sp³-hybridized carbons (Fsp3) is 0.176. The molecule has 3 rings (SSSR count). The molecule has 0 saturated heterocycles. The van der Waals surface area contributed by atoms with Gasteiger partial charge in [0.1, 0.15) is 16.9 Å². The van der Waals surface area contributed by atoms with E-state index in [2.05, 4.69) is 15.1 Å². The van der Waals surface area contributed by atoms with Crippen LogP contribution in [0.1, 0.15) is 22.5 Å². The number of ether oxygens (including phenoxy) is 1. The first-order valence-electron chi connectivity index (χ1n) is 7.14. The van der Waals surface area contributed by atoms with E-state index in [-0.39, 0.29) is 5.28 Å². The van der Waals surface area contributed by atoms with Gasteiger partial charge in [0.25, 0.3) is 0 Å². The van der Waals surface area contributed by atoms with Crippen molar-refractivity contribution in [2.75, 3.05) is 0 Å². The molecule has 24 heavy (non-hydrogen) atoms. The summed E-state index contributed by atoms with van der Waals surface area (Å²) in [5.41, 5.74) is 3.09. The van der Waals surface area contributed by atoms with Crippen LogP contribution in [0.4, 0.5) is 0 Å². The Morgan fingerprint density at radius 1 is 1.21 bits per heavy atom. The Labute approximate surface area is 143 Å². The van der Waals surface area contributed by atoms with E-state index in [0.29, 0.717) is 28.4 Å². The molecule has 0 fully saturated rings. The van der Waals surface area contributed by atoms with Gasteiger partial charge in [0.15, 0.2) is 0 Å². The van der Waals surface area contributed by atoms with E-state index >= 15 is 0 Å². The average Bonchev–Trinajstić information content (AvgIpc) is 2.89. The zero-order valence-electron chi connectivity index (χ0n) is 13.3. The lowest BCUT2D eigenvalue weighted by Gasteiger charge is -2.12. The van der Waals surface area contributed by atoms with Crippen molar-refractivity contribution in [1.82, 2.24) is 15.1 Å². The fourth-order valence-corrected chi connectivity index (χ4v) is 2.64. The third kappa shape index (κ3) is 2.94. The molecule has 6 nitrogen and oxygen atoms in total. The topological polar surface area (TPSA) is 84.8 Å². The van der Waals surface area contributed by atoms with Gasteiger partial charge in [-0.2, -0.15) is 15.2 Å². The van der Waals surface area contributed by atoms with Crippen molar-refractivity contribution in [2.45, 2.75) is 20.8 Å². The number of halogens is 1. The lowest BCUT2D eigenvalue weighted by molar-refractivity contribution is 0.403. The van der Waals surface area contributed by atoms with Crippen LogP contribution in [-0.2, 0) is 0 Å². The number of nitriles is 1. The Kier molecular flexibility index (Phi) is 4.19. The van der Waals surface area contributed by atoms with E-state index in [1.807, 2.05) is 32.0 Å². The SMILES string of the molecule is Cc1cc(/C=C/C#N)cc(C)c1Oc1nc(Cl)nc2noc(C)c12. The lowest BCUT2D eigenvalue weighted by Crippen LogP contribution is -1.97. The first-order valence-corrected chi connectivity index (χ1v) is 7.52. The molecule has 0 aliphatic heterocycles. The largest absolute Gasteiger partial charge is 0.437 e. The summed E-state index contributed by atoms with van der Waals surface area (Å²) in [5, 5.41) is 13.1. The summed E-state index contributed by atoms with van der Waals surface area (Å²) in [7, 11) is 0. The van der Waals surface area contributed by atoms with Crippen molar-refractivity contribution in [3.8, 4) is 17.7 Å². The third-order valence-corrected chi connectivity index (χ3v) is 3.65. The minimum absolute atomic E-state index is 0.0367. The molecule has 0 saturated carbocycles. The summed E-state index contributed by atoms with van der Waals surface area (Å²) in [4.78, 5) is 8.18. The normalized spacial score (nSPS) is 11.1. The summed E-state index contributed by atoms with van der Waals surface area (Å²) in [6.45, 7) is 5.61. The number of hydrogen-bond donors (Lipinski definition) is 0. The van der Waals surface area contributed by atoms with Crippen molar-refractivity contribution < 1.29 is 9.26 Å². The number of allylic oxidation sites excluding steroid dienone is 1. The number of rotatable bonds is 3. The Bertz CT molecular complexity index is 979. The predicted octanol–water partition coefficient (Wildman–Crippen LogP) is 4.53. The van der Waals surface area contributed by atoms with Crippen LogP contribution >= 0.6 is 11.6 Å². The predicted molar refractivity (Wildman–Crippen MR) is 90.0 cm³/mol. The molecule has 1 aromatic carbocycles. The standard InChI is InChI=1S/C17H13ClN4O2/c1-9-7-12(5-4-6-19)8-10(2)14(9)23-16-13-11(3)24-22-15(13)20-17(18)21-16/h4-5,7-8H,1-3H3/b5-4+. The minimum atomic E-state index is 0.0367. The number of benzene rings is 1. The third-order valence-electron chi connectivity index (χ3n) is 3.48. The molecule has 2 heterocycles. The Hall–Kier alpha value is -2.91. The summed E-state index contributed by atoms with van der Waals surface area (Å²) in [6, 6.07) is 5.83. The first-order chi connectivity index (χ1) is 11.5. The highest BCUT2D eigenvalue weighted by atomic mass is 35.5. The highest BCUT2D eigenvalue weighted by molar-refractivity contribution is 6.28. The van der Waals surface area contributed by atoms with Gasteiger partial charge in [-0.05, 0) is 67.3 Å². The summed E-state index contributed by atoms with van der Waals surface area (Å²) < 4.78 is 11.1. The van der Waals surface area contributed by atoms with Crippen molar-refractivity contribution >= 4 is 28.7 Å². The average molecular weight is 341 g/mol. The molecular weight excluding hydrogens is 328 g/mol. The van der Waals surface area contributed by atoms with Gasteiger partial charge < -0.3 is 9.26 Å². The second kappa shape index (κ2) is 6.30. The molecule has 0 atom stereocenters.